The molecule has 0 aliphatic carbocycles. The van der Waals surface area contributed by atoms with Gasteiger partial charge in [-0.2, -0.15) is 0 Å². The molecule has 0 radical (unpaired) electrons. The molecule has 0 atom stereocenters. The molecule has 0 saturated carbocycles. The highest BCUT2D eigenvalue weighted by atomic mass is 32.2. The third-order valence-electron chi connectivity index (χ3n) is 4.23. The van der Waals surface area contributed by atoms with Gasteiger partial charge in [-0.1, -0.05) is 18.2 Å². The van der Waals surface area contributed by atoms with Gasteiger partial charge in [-0.3, -0.25) is 0 Å². The summed E-state index contributed by atoms with van der Waals surface area (Å²) in [4.78, 5) is 9.15. The summed E-state index contributed by atoms with van der Waals surface area (Å²) in [5.74, 6) is 1.13. The Balaban J connectivity index is 2.24. The summed E-state index contributed by atoms with van der Waals surface area (Å²) in [7, 11) is -1.73. The zero-order valence-corrected chi connectivity index (χ0v) is 16.8. The third kappa shape index (κ3) is 4.20. The van der Waals surface area contributed by atoms with Gasteiger partial charge >= 0.3 is 0 Å². The molecule has 3 N–H and O–H groups in total. The van der Waals surface area contributed by atoms with Crippen LogP contribution in [-0.4, -0.2) is 48.5 Å². The summed E-state index contributed by atoms with van der Waals surface area (Å²) >= 11 is 0. The van der Waals surface area contributed by atoms with Crippen LogP contribution in [-0.2, 0) is 27.7 Å². The molecule has 0 amide bonds. The van der Waals surface area contributed by atoms with Gasteiger partial charge in [-0.25, -0.2) is 23.1 Å². The van der Waals surface area contributed by atoms with Crippen molar-refractivity contribution in [3.63, 3.8) is 0 Å². The summed E-state index contributed by atoms with van der Waals surface area (Å²) in [6.07, 6.45) is 1.73. The topological polar surface area (TPSA) is 112 Å². The standard InChI is InChI=1S/C18H25N5O3S/c1-18(2,22-27(4,24)25)11-23-14(9-10-26-3)21-15-16(23)12-7-5-6-8-13(12)20-17(15)19/h5-8,22H,9-11H2,1-4H3,(H2,19,20). The molecule has 146 valence electrons. The lowest BCUT2D eigenvalue weighted by molar-refractivity contribution is 0.199. The molecular weight excluding hydrogens is 366 g/mol. The van der Waals surface area contributed by atoms with E-state index >= 15 is 0 Å². The van der Waals surface area contributed by atoms with Gasteiger partial charge in [-0.05, 0) is 19.9 Å². The van der Waals surface area contributed by atoms with Crippen LogP contribution < -0.4 is 10.5 Å². The SMILES string of the molecule is COCCc1nc2c(N)nc3ccccc3c2n1CC(C)(C)NS(C)(=O)=O. The maximum atomic E-state index is 11.8. The fourth-order valence-corrected chi connectivity index (χ4v) is 4.46. The molecule has 8 nitrogen and oxygen atoms in total. The van der Waals surface area contributed by atoms with Crippen LogP contribution in [0.1, 0.15) is 19.7 Å². The highest BCUT2D eigenvalue weighted by Gasteiger charge is 2.26. The number of imidazole rings is 1. The smallest absolute Gasteiger partial charge is 0.209 e. The molecule has 1 aromatic carbocycles. The van der Waals surface area contributed by atoms with Gasteiger partial charge in [0.15, 0.2) is 5.82 Å². The molecule has 0 bridgehead atoms. The molecule has 9 heteroatoms. The molecule has 3 rings (SSSR count). The fourth-order valence-electron chi connectivity index (χ4n) is 3.39. The Morgan fingerprint density at radius 3 is 2.63 bits per heavy atom. The maximum Gasteiger partial charge on any atom is 0.209 e. The van der Waals surface area contributed by atoms with E-state index < -0.39 is 15.6 Å². The van der Waals surface area contributed by atoms with Gasteiger partial charge in [0.2, 0.25) is 10.0 Å². The quantitative estimate of drug-likeness (QED) is 0.634. The first-order valence-corrected chi connectivity index (χ1v) is 10.5. The largest absolute Gasteiger partial charge is 0.384 e. The minimum atomic E-state index is -3.36. The first-order valence-electron chi connectivity index (χ1n) is 8.62. The van der Waals surface area contributed by atoms with Crippen molar-refractivity contribution in [1.82, 2.24) is 19.3 Å². The normalized spacial score (nSPS) is 12.9. The average Bonchev–Trinajstić information content (AvgIpc) is 2.89. The predicted octanol–water partition coefficient (Wildman–Crippen LogP) is 1.68. The summed E-state index contributed by atoms with van der Waals surface area (Å²) in [5, 5.41) is 0.924. The van der Waals surface area contributed by atoms with Crippen LogP contribution >= 0.6 is 0 Å². The molecule has 0 saturated heterocycles. The van der Waals surface area contributed by atoms with Crippen LogP contribution in [0.15, 0.2) is 24.3 Å². The lowest BCUT2D eigenvalue weighted by atomic mass is 10.1. The Hall–Kier alpha value is -2.23. The molecule has 0 spiro atoms. The molecule has 0 fully saturated rings. The van der Waals surface area contributed by atoms with Crippen LogP contribution in [0, 0.1) is 0 Å². The number of nitrogen functional groups attached to an aromatic ring is 1. The molecule has 27 heavy (non-hydrogen) atoms. The van der Waals surface area contributed by atoms with Crippen LogP contribution in [0.3, 0.4) is 0 Å². The second-order valence-corrected chi connectivity index (χ2v) is 9.07. The predicted molar refractivity (Wildman–Crippen MR) is 107 cm³/mol. The number of anilines is 1. The van der Waals surface area contributed by atoms with E-state index in [2.05, 4.69) is 9.71 Å². The van der Waals surface area contributed by atoms with Crippen molar-refractivity contribution in [3.05, 3.63) is 30.1 Å². The summed E-state index contributed by atoms with van der Waals surface area (Å²) in [6, 6.07) is 7.71. The lowest BCUT2D eigenvalue weighted by Gasteiger charge is -2.27. The van der Waals surface area contributed by atoms with Gasteiger partial charge in [0.05, 0.1) is 23.9 Å². The van der Waals surface area contributed by atoms with Crippen molar-refractivity contribution < 1.29 is 13.2 Å². The molecule has 0 unspecified atom stereocenters. The Labute approximate surface area is 158 Å². The molecule has 2 aromatic heterocycles. The number of nitrogens with one attached hydrogen (secondary N) is 1. The van der Waals surface area contributed by atoms with Crippen LogP contribution in [0.5, 0.6) is 0 Å². The first kappa shape index (κ1) is 19.5. The first-order chi connectivity index (χ1) is 12.6. The van der Waals surface area contributed by atoms with E-state index in [0.29, 0.717) is 30.9 Å². The Morgan fingerprint density at radius 1 is 1.26 bits per heavy atom. The Kier molecular flexibility index (Phi) is 5.11. The van der Waals surface area contributed by atoms with E-state index in [4.69, 9.17) is 15.5 Å². The number of methoxy groups -OCH3 is 1. The highest BCUT2D eigenvalue weighted by molar-refractivity contribution is 7.88. The Bertz CT molecular complexity index is 1090. The van der Waals surface area contributed by atoms with Crippen molar-refractivity contribution in [2.45, 2.75) is 32.4 Å². The molecule has 0 aliphatic heterocycles. The van der Waals surface area contributed by atoms with E-state index in [-0.39, 0.29) is 0 Å². The zero-order chi connectivity index (χ0) is 19.8. The van der Waals surface area contributed by atoms with Crippen molar-refractivity contribution in [2.75, 3.05) is 25.7 Å². The summed E-state index contributed by atoms with van der Waals surface area (Å²) < 4.78 is 33.5. The van der Waals surface area contributed by atoms with E-state index in [0.717, 1.165) is 28.5 Å². The van der Waals surface area contributed by atoms with Gasteiger partial charge < -0.3 is 15.0 Å². The van der Waals surface area contributed by atoms with Crippen LogP contribution in [0.4, 0.5) is 5.82 Å². The van der Waals surface area contributed by atoms with Gasteiger partial charge in [-0.15, -0.1) is 0 Å². The minimum Gasteiger partial charge on any atom is -0.384 e. The van der Waals surface area contributed by atoms with E-state index in [1.165, 1.54) is 0 Å². The summed E-state index contributed by atoms with van der Waals surface area (Å²) in [5.41, 5.74) is 7.70. The maximum absolute atomic E-state index is 11.8. The minimum absolute atomic E-state index is 0.356. The number of pyridine rings is 1. The number of sulfonamides is 1. The lowest BCUT2D eigenvalue weighted by Crippen LogP contribution is -2.46. The second-order valence-electron chi connectivity index (χ2n) is 7.33. The Morgan fingerprint density at radius 2 is 1.96 bits per heavy atom. The number of para-hydroxylation sites is 1. The number of nitrogens with zero attached hydrogens (tertiary/aromatic N) is 3. The van der Waals surface area contributed by atoms with E-state index in [1.807, 2.05) is 42.7 Å². The van der Waals surface area contributed by atoms with Crippen molar-refractivity contribution in [2.24, 2.45) is 0 Å². The number of nitrogens with two attached hydrogens (primary N) is 1. The van der Waals surface area contributed by atoms with Gasteiger partial charge in [0.25, 0.3) is 0 Å². The monoisotopic (exact) mass is 391 g/mol. The second kappa shape index (κ2) is 7.06. The molecule has 3 aromatic rings. The molecule has 0 aliphatic rings. The summed E-state index contributed by atoms with van der Waals surface area (Å²) in [6.45, 7) is 4.57. The highest BCUT2D eigenvalue weighted by Crippen LogP contribution is 2.30. The number of ether oxygens (including phenoxy) is 1. The van der Waals surface area contributed by atoms with Crippen molar-refractivity contribution >= 4 is 37.8 Å². The van der Waals surface area contributed by atoms with Crippen molar-refractivity contribution in [3.8, 4) is 0 Å². The third-order valence-corrected chi connectivity index (χ3v) is 5.16. The number of rotatable bonds is 7. The van der Waals surface area contributed by atoms with E-state index in [1.54, 1.807) is 7.11 Å². The average molecular weight is 391 g/mol. The van der Waals surface area contributed by atoms with E-state index in [9.17, 15) is 8.42 Å². The van der Waals surface area contributed by atoms with Crippen LogP contribution in [0.2, 0.25) is 0 Å². The number of hydrogen-bond donors (Lipinski definition) is 2. The van der Waals surface area contributed by atoms with Crippen molar-refractivity contribution in [1.29, 1.82) is 0 Å². The molecule has 2 heterocycles. The zero-order valence-electron chi connectivity index (χ0n) is 16.0. The van der Waals surface area contributed by atoms with Gasteiger partial charge in [0.1, 0.15) is 11.3 Å². The number of aromatic nitrogens is 3. The number of fused-ring (bicyclic) bond motifs is 3. The molecular formula is C18H25N5O3S. The van der Waals surface area contributed by atoms with Crippen LogP contribution in [0.25, 0.3) is 21.9 Å². The van der Waals surface area contributed by atoms with Gasteiger partial charge in [0, 0.05) is 31.0 Å². The number of hydrogen-bond acceptors (Lipinski definition) is 6. The fraction of sp³-hybridized carbons (Fsp3) is 0.444. The number of benzene rings is 1.